The van der Waals surface area contributed by atoms with Crippen LogP contribution in [0.2, 0.25) is 0 Å². The molecule has 7 heteroatoms. The molecule has 0 radical (unpaired) electrons. The zero-order valence-corrected chi connectivity index (χ0v) is 49.4. The molecule has 7 nitrogen and oxygen atoms in total. The summed E-state index contributed by atoms with van der Waals surface area (Å²) in [6.45, 7) is 19.8. The fourth-order valence-electron chi connectivity index (χ4n) is 9.74. The lowest BCUT2D eigenvalue weighted by molar-refractivity contribution is -0.146. The smallest absolute Gasteiger partial charge is 0.307 e. The Balaban J connectivity index is -0.000000150. The largest absolute Gasteiger partial charge is 0.481 e. The van der Waals surface area contributed by atoms with Crippen molar-refractivity contribution >= 4 is 23.7 Å². The van der Waals surface area contributed by atoms with E-state index in [1.54, 1.807) is 13.8 Å². The number of carboxylic acids is 1. The molecule has 1 fully saturated rings. The van der Waals surface area contributed by atoms with Gasteiger partial charge in [-0.25, -0.2) is 0 Å². The van der Waals surface area contributed by atoms with E-state index in [-0.39, 0.29) is 74.1 Å². The number of unbranched alkanes of at least 4 members (excludes halogenated alkanes) is 39. The van der Waals surface area contributed by atoms with Gasteiger partial charge in [0.25, 0.3) is 0 Å². The second-order valence-electron chi connectivity index (χ2n) is 22.7. The number of carbonyl (C=O) groups excluding carboxylic acids is 3. The van der Waals surface area contributed by atoms with Gasteiger partial charge in [0, 0.05) is 30.8 Å². The quantitative estimate of drug-likeness (QED) is 0.0467. The molecular weight excluding hydrogens is 949 g/mol. The van der Waals surface area contributed by atoms with E-state index >= 15 is 0 Å². The zero-order chi connectivity index (χ0) is 53.0. The van der Waals surface area contributed by atoms with Gasteiger partial charge in [-0.2, -0.15) is 0 Å². The van der Waals surface area contributed by atoms with Gasteiger partial charge in [-0.05, 0) is 18.8 Å². The average Bonchev–Trinajstić information content (AvgIpc) is 3.55. The summed E-state index contributed by atoms with van der Waals surface area (Å²) in [6, 6.07) is 0. The van der Waals surface area contributed by atoms with Crippen LogP contribution in [0.1, 0.15) is 389 Å². The van der Waals surface area contributed by atoms with Crippen LogP contribution < -0.4 is 5.32 Å². The van der Waals surface area contributed by atoms with E-state index in [0.717, 1.165) is 31.6 Å². The van der Waals surface area contributed by atoms with Crippen LogP contribution in [-0.4, -0.2) is 46.8 Å². The van der Waals surface area contributed by atoms with Crippen molar-refractivity contribution in [1.29, 1.82) is 0 Å². The van der Waals surface area contributed by atoms with Crippen molar-refractivity contribution in [2.75, 3.05) is 13.1 Å². The van der Waals surface area contributed by atoms with Crippen LogP contribution in [0.25, 0.3) is 0 Å². The molecular formula is C70H150N2O5. The molecule has 0 bridgehead atoms. The molecule has 77 heavy (non-hydrogen) atoms. The first-order valence-corrected chi connectivity index (χ1v) is 31.8. The number of nitrogens with zero attached hydrogens (tertiary/aromatic N) is 1. The minimum Gasteiger partial charge on any atom is -0.481 e. The van der Waals surface area contributed by atoms with Gasteiger partial charge in [0.15, 0.2) is 0 Å². The molecule has 0 aromatic rings. The lowest BCUT2D eigenvalue weighted by Crippen LogP contribution is -2.35. The first-order chi connectivity index (χ1) is 34.4. The minimum absolute atomic E-state index is 0. The van der Waals surface area contributed by atoms with Gasteiger partial charge in [0.1, 0.15) is 0 Å². The monoisotopic (exact) mass is 1100 g/mol. The molecule has 1 rings (SSSR count). The molecule has 1 heterocycles. The second-order valence-corrected chi connectivity index (χ2v) is 22.7. The highest BCUT2D eigenvalue weighted by Gasteiger charge is 2.41. The number of likely N-dealkylation sites (tertiary alicyclic amines) is 1. The molecule has 0 aromatic carbocycles. The summed E-state index contributed by atoms with van der Waals surface area (Å²) in [6.07, 6.45) is 60.4. The number of nitrogens with one attached hydrogen (secondary N) is 1. The Bertz CT molecular complexity index is 1160. The van der Waals surface area contributed by atoms with Gasteiger partial charge in [0.05, 0.1) is 5.92 Å². The predicted octanol–water partition coefficient (Wildman–Crippen LogP) is 23.8. The Morgan fingerprint density at radius 2 is 0.649 bits per heavy atom. The van der Waals surface area contributed by atoms with Crippen LogP contribution in [0.4, 0.5) is 0 Å². The normalized spacial score (nSPS) is 14.5. The van der Waals surface area contributed by atoms with E-state index in [2.05, 4.69) is 39.9 Å². The van der Waals surface area contributed by atoms with Crippen molar-refractivity contribution in [3.63, 3.8) is 0 Å². The number of hydrogen-bond donors (Lipinski definition) is 2. The molecule has 1 aliphatic rings. The van der Waals surface area contributed by atoms with E-state index in [1.807, 2.05) is 13.8 Å². The molecule has 1 saturated heterocycles. The highest BCUT2D eigenvalue weighted by molar-refractivity contribution is 6.04. The number of carboxylic acid groups (broad SMARTS) is 1. The molecule has 0 saturated carbocycles. The summed E-state index contributed by atoms with van der Waals surface area (Å²) >= 11 is 0. The number of imide groups is 1. The molecule has 470 valence electrons. The molecule has 5 atom stereocenters. The molecule has 0 spiro atoms. The number of hydrogen-bond acceptors (Lipinski definition) is 4. The van der Waals surface area contributed by atoms with Crippen molar-refractivity contribution in [3.05, 3.63) is 0 Å². The lowest BCUT2D eigenvalue weighted by atomic mass is 9.95. The molecule has 0 aromatic heterocycles. The highest BCUT2D eigenvalue weighted by atomic mass is 16.4. The molecule has 5 unspecified atom stereocenters. The number of amides is 3. The van der Waals surface area contributed by atoms with Crippen LogP contribution >= 0.6 is 0 Å². The van der Waals surface area contributed by atoms with Crippen molar-refractivity contribution in [3.8, 4) is 0 Å². The maximum atomic E-state index is 12.0. The highest BCUT2D eigenvalue weighted by Crippen LogP contribution is 2.26. The van der Waals surface area contributed by atoms with Gasteiger partial charge >= 0.3 is 5.97 Å². The topological polar surface area (TPSA) is 104 Å². The molecule has 3 amide bonds. The predicted molar refractivity (Wildman–Crippen MR) is 349 cm³/mol. The standard InChI is InChI=1S/C22H43NO3.C22H41NO2.C20H42.6CH4/c1-4-5-6-7-8-9-10-11-12-13-14-15-16-17-18-23-21(24)19(2)20(3)22(25)26;1-4-5-6-7-8-9-10-11-12-13-14-15-16-17-18-23-21(24)19(2)20(3)22(23)25;1-4-6-7-8-9-10-11-12-13-14-15-16-17-18-19-20(3)5-2;;;;;;/h19-20H,4-18H2,1-3H3,(H,23,24)(H,25,26);19-20H,4-18H2,1-3H3;20H,4-19H2,1-3H3;6*1H4. The Labute approximate surface area is 488 Å². The minimum atomic E-state index is -0.913. The van der Waals surface area contributed by atoms with Crippen LogP contribution in [0, 0.1) is 29.6 Å². The van der Waals surface area contributed by atoms with Crippen LogP contribution in [0.3, 0.4) is 0 Å². The summed E-state index contributed by atoms with van der Waals surface area (Å²) < 4.78 is 0. The van der Waals surface area contributed by atoms with Gasteiger partial charge < -0.3 is 10.4 Å². The molecule has 2 N–H and O–H groups in total. The van der Waals surface area contributed by atoms with Crippen molar-refractivity contribution in [2.45, 2.75) is 389 Å². The van der Waals surface area contributed by atoms with Gasteiger partial charge in [0.2, 0.25) is 17.7 Å². The van der Waals surface area contributed by atoms with Gasteiger partial charge in [-0.1, -0.05) is 377 Å². The van der Waals surface area contributed by atoms with E-state index < -0.39 is 17.8 Å². The number of rotatable bonds is 49. The summed E-state index contributed by atoms with van der Waals surface area (Å²) in [4.78, 5) is 48.2. The summed E-state index contributed by atoms with van der Waals surface area (Å²) in [5.74, 6) is -1.39. The second kappa shape index (κ2) is 70.2. The first-order valence-electron chi connectivity index (χ1n) is 31.8. The van der Waals surface area contributed by atoms with E-state index in [1.165, 1.54) is 262 Å². The lowest BCUT2D eigenvalue weighted by Gasteiger charge is -2.15. The Morgan fingerprint density at radius 1 is 0.403 bits per heavy atom. The van der Waals surface area contributed by atoms with Crippen LogP contribution in [0.5, 0.6) is 0 Å². The molecule has 1 aliphatic heterocycles. The van der Waals surface area contributed by atoms with Gasteiger partial charge in [-0.15, -0.1) is 0 Å². The van der Waals surface area contributed by atoms with E-state index in [4.69, 9.17) is 5.11 Å². The third-order valence-electron chi connectivity index (χ3n) is 15.9. The first kappa shape index (κ1) is 91.6. The Morgan fingerprint density at radius 3 is 0.909 bits per heavy atom. The van der Waals surface area contributed by atoms with Gasteiger partial charge in [-0.3, -0.25) is 24.1 Å². The van der Waals surface area contributed by atoms with E-state index in [9.17, 15) is 19.2 Å². The fourth-order valence-corrected chi connectivity index (χ4v) is 9.74. The number of aliphatic carboxylic acids is 1. The molecule has 0 aliphatic carbocycles. The van der Waals surface area contributed by atoms with Crippen molar-refractivity contribution in [1.82, 2.24) is 10.2 Å². The van der Waals surface area contributed by atoms with Crippen molar-refractivity contribution in [2.24, 2.45) is 29.6 Å². The van der Waals surface area contributed by atoms with Crippen LogP contribution in [0.15, 0.2) is 0 Å². The zero-order valence-electron chi connectivity index (χ0n) is 49.4. The Kier molecular flexibility index (Phi) is 83.5. The summed E-state index contributed by atoms with van der Waals surface area (Å²) in [5, 5.41) is 11.8. The SMILES string of the molecule is C.C.C.C.C.C.CCCCCCCCCCCCCCCCC(C)CC.CCCCCCCCCCCCCCCCN1C(=O)C(C)C(C)C1=O.CCCCCCCCCCCCCCCCNC(=O)C(C)C(C)C(=O)O. The van der Waals surface area contributed by atoms with Crippen LogP contribution in [-0.2, 0) is 19.2 Å². The summed E-state index contributed by atoms with van der Waals surface area (Å²) in [5.41, 5.74) is 0. The maximum absolute atomic E-state index is 12.0. The Hall–Kier alpha value is -1.92. The maximum Gasteiger partial charge on any atom is 0.307 e. The third-order valence-corrected chi connectivity index (χ3v) is 15.9. The third kappa shape index (κ3) is 58.5. The van der Waals surface area contributed by atoms with Crippen molar-refractivity contribution < 1.29 is 24.3 Å². The summed E-state index contributed by atoms with van der Waals surface area (Å²) in [7, 11) is 0. The average molecular weight is 1100 g/mol. The fraction of sp³-hybridized carbons (Fsp3) is 0.943. The number of carbonyl (C=O) groups is 4. The van der Waals surface area contributed by atoms with E-state index in [0.29, 0.717) is 13.1 Å².